The molecule has 3 rings (SSSR count). The second-order valence-corrected chi connectivity index (χ2v) is 6.79. The number of carbonyl (C=O) groups excluding carboxylic acids is 1. The van der Waals surface area contributed by atoms with Gasteiger partial charge in [-0.1, -0.05) is 19.3 Å². The lowest BCUT2D eigenvalue weighted by Crippen LogP contribution is -2.45. The zero-order chi connectivity index (χ0) is 13.2. The minimum absolute atomic E-state index is 0.0580. The summed E-state index contributed by atoms with van der Waals surface area (Å²) in [6.45, 7) is 1.66. The van der Waals surface area contributed by atoms with Crippen molar-refractivity contribution in [3.8, 4) is 0 Å². The van der Waals surface area contributed by atoms with E-state index in [1.54, 1.807) is 0 Å². The van der Waals surface area contributed by atoms with E-state index < -0.39 is 0 Å². The van der Waals surface area contributed by atoms with Gasteiger partial charge in [0.1, 0.15) is 0 Å². The van der Waals surface area contributed by atoms with E-state index in [-0.39, 0.29) is 12.0 Å². The standard InChI is InChI=1S/C15H22N2OS/c16-13-5-3-1-2-4-12(13)15(18)17-8-6-14-11(10-17)7-9-19-14/h7,9,12-13H,1-6,8,10,16H2. The largest absolute Gasteiger partial charge is 0.338 e. The van der Waals surface area contributed by atoms with Crippen LogP contribution in [0, 0.1) is 5.92 Å². The third-order valence-electron chi connectivity index (χ3n) is 4.51. The fourth-order valence-corrected chi connectivity index (χ4v) is 4.20. The average Bonchev–Trinajstić information content (AvgIpc) is 2.79. The van der Waals surface area contributed by atoms with Crippen LogP contribution in [-0.4, -0.2) is 23.4 Å². The Morgan fingerprint density at radius 3 is 3.05 bits per heavy atom. The number of thiophene rings is 1. The van der Waals surface area contributed by atoms with Crippen molar-refractivity contribution in [2.45, 2.75) is 51.1 Å². The van der Waals surface area contributed by atoms with E-state index in [1.165, 1.54) is 23.3 Å². The Labute approximate surface area is 118 Å². The second-order valence-electron chi connectivity index (χ2n) is 5.79. The lowest BCUT2D eigenvalue weighted by molar-refractivity contribution is -0.137. The molecule has 2 aliphatic rings. The van der Waals surface area contributed by atoms with Crippen LogP contribution in [-0.2, 0) is 17.8 Å². The minimum atomic E-state index is 0.0580. The second kappa shape index (κ2) is 5.63. The van der Waals surface area contributed by atoms with E-state index >= 15 is 0 Å². The van der Waals surface area contributed by atoms with Gasteiger partial charge in [0.05, 0.1) is 5.92 Å². The van der Waals surface area contributed by atoms with Crippen LogP contribution in [0.5, 0.6) is 0 Å². The molecule has 1 fully saturated rings. The fourth-order valence-electron chi connectivity index (χ4n) is 3.31. The number of rotatable bonds is 1. The zero-order valence-corrected chi connectivity index (χ0v) is 12.1. The van der Waals surface area contributed by atoms with Crippen molar-refractivity contribution in [2.75, 3.05) is 6.54 Å². The maximum Gasteiger partial charge on any atom is 0.227 e. The summed E-state index contributed by atoms with van der Waals surface area (Å²) < 4.78 is 0. The molecule has 0 aromatic carbocycles. The number of fused-ring (bicyclic) bond motifs is 1. The van der Waals surface area contributed by atoms with E-state index in [2.05, 4.69) is 11.4 Å². The predicted octanol–water partition coefficient (Wildman–Crippen LogP) is 2.54. The van der Waals surface area contributed by atoms with Crippen LogP contribution in [0.15, 0.2) is 11.4 Å². The van der Waals surface area contributed by atoms with Gasteiger partial charge in [0, 0.05) is 24.0 Å². The van der Waals surface area contributed by atoms with Crippen molar-refractivity contribution in [1.82, 2.24) is 4.90 Å². The number of nitrogens with zero attached hydrogens (tertiary/aromatic N) is 1. The average molecular weight is 278 g/mol. The minimum Gasteiger partial charge on any atom is -0.338 e. The molecule has 2 atom stereocenters. The molecule has 2 N–H and O–H groups in total. The van der Waals surface area contributed by atoms with Crippen LogP contribution in [0.25, 0.3) is 0 Å². The molecule has 0 spiro atoms. The third-order valence-corrected chi connectivity index (χ3v) is 5.53. The molecule has 1 aromatic rings. The molecule has 1 aliphatic heterocycles. The molecule has 1 aliphatic carbocycles. The predicted molar refractivity (Wildman–Crippen MR) is 78.0 cm³/mol. The number of carbonyl (C=O) groups is 1. The molecule has 1 aromatic heterocycles. The molecule has 104 valence electrons. The third kappa shape index (κ3) is 2.70. The summed E-state index contributed by atoms with van der Waals surface area (Å²) in [6.07, 6.45) is 6.56. The highest BCUT2D eigenvalue weighted by molar-refractivity contribution is 7.10. The molecule has 4 heteroatoms. The summed E-state index contributed by atoms with van der Waals surface area (Å²) in [4.78, 5) is 16.2. The highest BCUT2D eigenvalue weighted by atomic mass is 32.1. The molecule has 1 saturated carbocycles. The van der Waals surface area contributed by atoms with E-state index in [0.717, 1.165) is 38.8 Å². The molecule has 19 heavy (non-hydrogen) atoms. The fraction of sp³-hybridized carbons (Fsp3) is 0.667. The van der Waals surface area contributed by atoms with Gasteiger partial charge in [-0.2, -0.15) is 0 Å². The summed E-state index contributed by atoms with van der Waals surface area (Å²) in [6, 6.07) is 2.23. The smallest absolute Gasteiger partial charge is 0.227 e. The first-order chi connectivity index (χ1) is 9.25. The lowest BCUT2D eigenvalue weighted by atomic mass is 9.93. The van der Waals surface area contributed by atoms with Crippen LogP contribution < -0.4 is 5.73 Å². The van der Waals surface area contributed by atoms with Gasteiger partial charge in [0.25, 0.3) is 0 Å². The Morgan fingerprint density at radius 2 is 2.16 bits per heavy atom. The quantitative estimate of drug-likeness (QED) is 0.802. The Hall–Kier alpha value is -0.870. The summed E-state index contributed by atoms with van der Waals surface area (Å²) in [5, 5.41) is 2.13. The number of nitrogens with two attached hydrogens (primary N) is 1. The maximum atomic E-state index is 12.7. The Morgan fingerprint density at radius 1 is 1.32 bits per heavy atom. The first-order valence-corrected chi connectivity index (χ1v) is 8.23. The highest BCUT2D eigenvalue weighted by Crippen LogP contribution is 2.28. The Kier molecular flexibility index (Phi) is 3.89. The van der Waals surface area contributed by atoms with Crippen molar-refractivity contribution in [1.29, 1.82) is 0 Å². The molecule has 0 bridgehead atoms. The van der Waals surface area contributed by atoms with Crippen LogP contribution in [0.1, 0.15) is 42.5 Å². The molecule has 2 heterocycles. The molecule has 2 unspecified atom stereocenters. The van der Waals surface area contributed by atoms with Crippen molar-refractivity contribution in [2.24, 2.45) is 11.7 Å². The van der Waals surface area contributed by atoms with Gasteiger partial charge in [-0.05, 0) is 36.3 Å². The lowest BCUT2D eigenvalue weighted by Gasteiger charge is -2.32. The molecule has 0 saturated heterocycles. The number of hydrogen-bond donors (Lipinski definition) is 1. The van der Waals surface area contributed by atoms with Crippen LogP contribution in [0.3, 0.4) is 0 Å². The molecular weight excluding hydrogens is 256 g/mol. The molecule has 0 radical (unpaired) electrons. The zero-order valence-electron chi connectivity index (χ0n) is 11.3. The van der Waals surface area contributed by atoms with Crippen molar-refractivity contribution >= 4 is 17.2 Å². The first-order valence-electron chi connectivity index (χ1n) is 7.35. The Balaban J connectivity index is 1.70. The first kappa shape index (κ1) is 13.1. The van der Waals surface area contributed by atoms with Gasteiger partial charge < -0.3 is 10.6 Å². The van der Waals surface area contributed by atoms with Crippen LogP contribution in [0.4, 0.5) is 0 Å². The van der Waals surface area contributed by atoms with E-state index in [9.17, 15) is 4.79 Å². The van der Waals surface area contributed by atoms with Crippen LogP contribution in [0.2, 0.25) is 0 Å². The van der Waals surface area contributed by atoms with Gasteiger partial charge in [-0.3, -0.25) is 4.79 Å². The van der Waals surface area contributed by atoms with Gasteiger partial charge in [-0.15, -0.1) is 11.3 Å². The highest BCUT2D eigenvalue weighted by Gasteiger charge is 2.32. The van der Waals surface area contributed by atoms with E-state index in [0.29, 0.717) is 5.91 Å². The van der Waals surface area contributed by atoms with Gasteiger partial charge >= 0.3 is 0 Å². The summed E-state index contributed by atoms with van der Waals surface area (Å²) in [7, 11) is 0. The molecule has 1 amide bonds. The van der Waals surface area contributed by atoms with E-state index in [4.69, 9.17) is 5.73 Å². The Bertz CT molecular complexity index is 457. The number of hydrogen-bond acceptors (Lipinski definition) is 3. The SMILES string of the molecule is NC1CCCCCC1C(=O)N1CCc2sccc2C1. The number of amides is 1. The van der Waals surface area contributed by atoms with Crippen molar-refractivity contribution in [3.05, 3.63) is 21.9 Å². The van der Waals surface area contributed by atoms with Crippen molar-refractivity contribution < 1.29 is 4.79 Å². The van der Waals surface area contributed by atoms with Crippen LogP contribution >= 0.6 is 11.3 Å². The van der Waals surface area contributed by atoms with Gasteiger partial charge in [0.2, 0.25) is 5.91 Å². The monoisotopic (exact) mass is 278 g/mol. The summed E-state index contributed by atoms with van der Waals surface area (Å²) in [5.41, 5.74) is 7.56. The topological polar surface area (TPSA) is 46.3 Å². The van der Waals surface area contributed by atoms with Gasteiger partial charge in [0.15, 0.2) is 0 Å². The summed E-state index contributed by atoms with van der Waals surface area (Å²) >= 11 is 1.82. The van der Waals surface area contributed by atoms with Crippen molar-refractivity contribution in [3.63, 3.8) is 0 Å². The van der Waals surface area contributed by atoms with Gasteiger partial charge in [-0.25, -0.2) is 0 Å². The maximum absolute atomic E-state index is 12.7. The summed E-state index contributed by atoms with van der Waals surface area (Å²) in [5.74, 6) is 0.355. The van der Waals surface area contributed by atoms with E-state index in [1.807, 2.05) is 16.2 Å². The molecule has 3 nitrogen and oxygen atoms in total. The molecular formula is C15H22N2OS. The normalized spacial score (nSPS) is 27.7.